The van der Waals surface area contributed by atoms with Crippen molar-refractivity contribution in [2.75, 3.05) is 65.3 Å². The fourth-order valence-electron chi connectivity index (χ4n) is 5.62. The number of ether oxygens (including phenoxy) is 3. The number of rotatable bonds is 10. The van der Waals surface area contributed by atoms with Crippen LogP contribution in [-0.4, -0.2) is 119 Å². The van der Waals surface area contributed by atoms with E-state index in [9.17, 15) is 18.8 Å². The predicted octanol–water partition coefficient (Wildman–Crippen LogP) is 1.91. The molecule has 17 heteroatoms. The second-order valence-electron chi connectivity index (χ2n) is 11.3. The van der Waals surface area contributed by atoms with Crippen molar-refractivity contribution in [3.8, 4) is 17.2 Å². The van der Waals surface area contributed by atoms with Gasteiger partial charge >= 0.3 is 12.1 Å². The average Bonchev–Trinajstić information content (AvgIpc) is 3.59. The van der Waals surface area contributed by atoms with E-state index in [1.165, 1.54) is 31.6 Å². The lowest BCUT2D eigenvalue weighted by molar-refractivity contribution is -0.136. The Balaban J connectivity index is 1.01. The number of carboxylic acid groups (broad SMARTS) is 1. The number of hydrogen-bond donors (Lipinski definition) is 3. The summed E-state index contributed by atoms with van der Waals surface area (Å²) in [5.41, 5.74) is 7.03. The quantitative estimate of drug-likeness (QED) is 0.265. The van der Waals surface area contributed by atoms with Gasteiger partial charge in [0.2, 0.25) is 11.9 Å². The molecule has 3 aliphatic heterocycles. The largest absolute Gasteiger partial charge is 0.491 e. The molecule has 2 aromatic carbocycles. The Hall–Kier alpha value is -5.84. The number of nitrogens with two attached hydrogens (primary N) is 1. The van der Waals surface area contributed by atoms with Crippen LogP contribution in [0.3, 0.4) is 0 Å². The van der Waals surface area contributed by atoms with Gasteiger partial charge in [-0.2, -0.15) is 0 Å². The van der Waals surface area contributed by atoms with Crippen molar-refractivity contribution >= 4 is 41.4 Å². The number of carboxylic acids is 1. The van der Waals surface area contributed by atoms with E-state index in [-0.39, 0.29) is 22.8 Å². The summed E-state index contributed by atoms with van der Waals surface area (Å²) in [6.45, 7) is 4.30. The van der Waals surface area contributed by atoms with Crippen molar-refractivity contribution in [1.29, 1.82) is 0 Å². The minimum atomic E-state index is -1.15. The van der Waals surface area contributed by atoms with E-state index in [4.69, 9.17) is 30.0 Å². The number of aromatic nitrogens is 2. The van der Waals surface area contributed by atoms with Gasteiger partial charge in [-0.15, -0.1) is 0 Å². The second-order valence-corrected chi connectivity index (χ2v) is 11.3. The highest BCUT2D eigenvalue weighted by atomic mass is 19.1. The van der Waals surface area contributed by atoms with Crippen molar-refractivity contribution in [2.45, 2.75) is 12.8 Å². The van der Waals surface area contributed by atoms with E-state index >= 15 is 0 Å². The molecular weight excluding hydrogens is 641 g/mol. The van der Waals surface area contributed by atoms with Crippen LogP contribution in [0.15, 0.2) is 52.7 Å². The van der Waals surface area contributed by atoms with Gasteiger partial charge in [0.05, 0.1) is 32.2 Å². The average molecular weight is 676 g/mol. The number of piperazine rings is 1. The zero-order chi connectivity index (χ0) is 34.5. The van der Waals surface area contributed by atoms with Crippen molar-refractivity contribution < 1.29 is 38.1 Å². The molecule has 0 radical (unpaired) electrons. The minimum Gasteiger partial charge on any atom is -0.491 e. The van der Waals surface area contributed by atoms with E-state index < -0.39 is 30.2 Å². The topological polar surface area (TPSA) is 197 Å². The standard InChI is InChI=1S/C32H34FN9O7/c1-47-27-24(6-5-22-26(27)38-31(42-9-7-35-28(22)42)39-29(45)20-17-36-30(34)37-18-20)48-14-2-8-40-10-12-41(13-11-40)32(46)49-21-4-3-19(15-25(43)44)23(33)16-21/h3-6,16-18H,2,7-15H2,1H3,(H,43,44)(H2,34,36,37)(H,38,39,45). The zero-order valence-electron chi connectivity index (χ0n) is 26.6. The van der Waals surface area contributed by atoms with Gasteiger partial charge in [-0.1, -0.05) is 6.07 Å². The molecule has 0 bridgehead atoms. The van der Waals surface area contributed by atoms with Crippen molar-refractivity contribution in [1.82, 2.24) is 30.0 Å². The minimum absolute atomic E-state index is 0.0144. The summed E-state index contributed by atoms with van der Waals surface area (Å²) in [4.78, 5) is 59.1. The molecule has 1 fully saturated rings. The van der Waals surface area contributed by atoms with Gasteiger partial charge < -0.3 is 30.0 Å². The number of aliphatic imine (C=N–C) groups is 2. The molecule has 49 heavy (non-hydrogen) atoms. The second kappa shape index (κ2) is 14.5. The summed E-state index contributed by atoms with van der Waals surface area (Å²) in [6, 6.07) is 7.39. The number of nitrogens with zero attached hydrogens (tertiary/aromatic N) is 7. The number of hydrogen-bond acceptors (Lipinski definition) is 13. The molecule has 2 amide bonds. The van der Waals surface area contributed by atoms with Crippen LogP contribution in [0, 0.1) is 5.82 Å². The number of amidine groups is 1. The lowest BCUT2D eigenvalue weighted by Gasteiger charge is -2.34. The van der Waals surface area contributed by atoms with E-state index in [0.717, 1.165) is 18.2 Å². The molecule has 1 saturated heterocycles. The van der Waals surface area contributed by atoms with Crippen molar-refractivity contribution in [3.05, 3.63) is 65.2 Å². The number of methoxy groups -OCH3 is 1. The third-order valence-electron chi connectivity index (χ3n) is 8.09. The molecule has 3 aromatic rings. The number of fused-ring (bicyclic) bond motifs is 3. The molecule has 1 aromatic heterocycles. The van der Waals surface area contributed by atoms with Gasteiger partial charge in [-0.05, 0) is 30.2 Å². The smallest absolute Gasteiger partial charge is 0.415 e. The number of carbonyl (C=O) groups excluding carboxylic acids is 2. The number of aliphatic carboxylic acids is 1. The number of halogens is 1. The summed E-state index contributed by atoms with van der Waals surface area (Å²) in [6.07, 6.45) is 2.33. The fourth-order valence-corrected chi connectivity index (χ4v) is 5.62. The lowest BCUT2D eigenvalue weighted by Crippen LogP contribution is -2.49. The molecule has 0 saturated carbocycles. The Morgan fingerprint density at radius 3 is 2.55 bits per heavy atom. The van der Waals surface area contributed by atoms with Gasteiger partial charge in [0.15, 0.2) is 11.5 Å². The van der Waals surface area contributed by atoms with E-state index in [2.05, 4.69) is 25.2 Å². The molecule has 0 aliphatic carbocycles. The normalized spacial score (nSPS) is 15.5. The summed E-state index contributed by atoms with van der Waals surface area (Å²) < 4.78 is 31.3. The van der Waals surface area contributed by atoms with E-state index in [1.807, 2.05) is 17.0 Å². The molecule has 4 N–H and O–H groups in total. The Morgan fingerprint density at radius 2 is 1.84 bits per heavy atom. The summed E-state index contributed by atoms with van der Waals surface area (Å²) >= 11 is 0. The molecular formula is C32H34FN9O7. The molecule has 4 heterocycles. The van der Waals surface area contributed by atoms with Gasteiger partial charge in [-0.25, -0.2) is 24.1 Å². The third-order valence-corrected chi connectivity index (χ3v) is 8.09. The number of anilines is 1. The van der Waals surface area contributed by atoms with Gasteiger partial charge in [0.1, 0.15) is 23.1 Å². The van der Waals surface area contributed by atoms with Crippen LogP contribution in [0.5, 0.6) is 17.2 Å². The molecule has 0 spiro atoms. The molecule has 0 atom stereocenters. The SMILES string of the molecule is COc1c(OCCCN2CCN(C(=O)Oc3ccc(CC(=O)O)c(F)c3)CC2)ccc2c1N=C(NC(=O)c1cnc(N)nc1)N1CCN=C21. The van der Waals surface area contributed by atoms with Crippen LogP contribution < -0.4 is 25.3 Å². The number of benzene rings is 2. The Labute approximate surface area is 280 Å². The number of guanidine groups is 1. The maximum absolute atomic E-state index is 14.2. The lowest BCUT2D eigenvalue weighted by atomic mass is 10.1. The highest BCUT2D eigenvalue weighted by molar-refractivity contribution is 6.20. The molecule has 0 unspecified atom stereocenters. The van der Waals surface area contributed by atoms with Gasteiger partial charge in [0, 0.05) is 63.3 Å². The molecule has 6 rings (SSSR count). The zero-order valence-corrected chi connectivity index (χ0v) is 26.6. The van der Waals surface area contributed by atoms with Crippen LogP contribution in [0.4, 0.5) is 20.8 Å². The first kappa shape index (κ1) is 33.1. The number of nitrogens with one attached hydrogen (secondary N) is 1. The highest BCUT2D eigenvalue weighted by Crippen LogP contribution is 2.43. The molecule has 256 valence electrons. The Kier molecular flexibility index (Phi) is 9.79. The number of amides is 2. The van der Waals surface area contributed by atoms with Crippen LogP contribution in [0.2, 0.25) is 0 Å². The maximum atomic E-state index is 14.2. The van der Waals surface area contributed by atoms with Gasteiger partial charge in [-0.3, -0.25) is 29.7 Å². The Morgan fingerprint density at radius 1 is 1.06 bits per heavy atom. The van der Waals surface area contributed by atoms with Crippen LogP contribution in [0.1, 0.15) is 27.9 Å². The Bertz CT molecular complexity index is 1810. The number of carbonyl (C=O) groups is 3. The van der Waals surface area contributed by atoms with Crippen molar-refractivity contribution in [2.24, 2.45) is 9.98 Å². The predicted molar refractivity (Wildman–Crippen MR) is 174 cm³/mol. The van der Waals surface area contributed by atoms with Crippen LogP contribution >= 0.6 is 0 Å². The first-order chi connectivity index (χ1) is 23.7. The molecule has 3 aliphatic rings. The monoisotopic (exact) mass is 675 g/mol. The van der Waals surface area contributed by atoms with Gasteiger partial charge in [0.25, 0.3) is 5.91 Å². The number of nitrogen functional groups attached to an aromatic ring is 1. The summed E-state index contributed by atoms with van der Waals surface area (Å²) in [5, 5.41) is 11.7. The fraction of sp³-hybridized carbons (Fsp3) is 0.344. The van der Waals surface area contributed by atoms with E-state index in [1.54, 1.807) is 4.90 Å². The maximum Gasteiger partial charge on any atom is 0.415 e. The van der Waals surface area contributed by atoms with E-state index in [0.29, 0.717) is 81.3 Å². The van der Waals surface area contributed by atoms with Crippen LogP contribution in [-0.2, 0) is 11.2 Å². The molecule has 16 nitrogen and oxygen atoms in total. The highest BCUT2D eigenvalue weighted by Gasteiger charge is 2.33. The summed E-state index contributed by atoms with van der Waals surface area (Å²) in [5.74, 6) is -0.385. The summed E-state index contributed by atoms with van der Waals surface area (Å²) in [7, 11) is 1.53. The first-order valence-corrected chi connectivity index (χ1v) is 15.5. The van der Waals surface area contributed by atoms with Crippen molar-refractivity contribution in [3.63, 3.8) is 0 Å². The van der Waals surface area contributed by atoms with Crippen LogP contribution in [0.25, 0.3) is 0 Å². The third kappa shape index (κ3) is 7.51. The first-order valence-electron chi connectivity index (χ1n) is 15.5.